The van der Waals surface area contributed by atoms with Gasteiger partial charge in [0.05, 0.1) is 46.1 Å². The number of rotatable bonds is 14. The van der Waals surface area contributed by atoms with Crippen LogP contribution in [0, 0.1) is 0 Å². The maximum atomic E-state index is 11.9. The Bertz CT molecular complexity index is 623. The van der Waals surface area contributed by atoms with Gasteiger partial charge < -0.3 is 24.3 Å². The number of carbonyl (C=O) groups is 3. The van der Waals surface area contributed by atoms with Crippen LogP contribution in [-0.4, -0.2) is 69.9 Å². The summed E-state index contributed by atoms with van der Waals surface area (Å²) >= 11 is 0. The van der Waals surface area contributed by atoms with Crippen LogP contribution in [0.4, 0.5) is 0 Å². The first-order valence-corrected chi connectivity index (χ1v) is 9.60. The van der Waals surface area contributed by atoms with Gasteiger partial charge >= 0.3 is 5.97 Å². The molecule has 0 atom stereocenters. The Morgan fingerprint density at radius 1 is 0.897 bits per heavy atom. The van der Waals surface area contributed by atoms with Gasteiger partial charge in [0.15, 0.2) is 0 Å². The van der Waals surface area contributed by atoms with Crippen molar-refractivity contribution in [1.82, 2.24) is 5.32 Å². The van der Waals surface area contributed by atoms with E-state index in [0.717, 1.165) is 6.29 Å². The lowest BCUT2D eigenvalue weighted by Crippen LogP contribution is -2.27. The predicted octanol–water partition coefficient (Wildman–Crippen LogP) is 2.01. The third-order valence-electron chi connectivity index (χ3n) is 3.46. The summed E-state index contributed by atoms with van der Waals surface area (Å²) in [7, 11) is 0. The first kappa shape index (κ1) is 24.7. The fourth-order valence-corrected chi connectivity index (χ4v) is 2.14. The predicted molar refractivity (Wildman–Crippen MR) is 107 cm³/mol. The molecular formula is C21H31NO7. The molecule has 0 saturated heterocycles. The first-order chi connectivity index (χ1) is 13.8. The molecule has 0 radical (unpaired) electrons. The molecule has 1 amide bonds. The minimum absolute atomic E-state index is 0.216. The molecular weight excluding hydrogens is 378 g/mol. The van der Waals surface area contributed by atoms with Crippen LogP contribution in [0.25, 0.3) is 0 Å². The Morgan fingerprint density at radius 2 is 1.45 bits per heavy atom. The van der Waals surface area contributed by atoms with E-state index in [1.54, 1.807) is 24.3 Å². The fraction of sp³-hybridized carbons (Fsp3) is 0.571. The number of nitrogens with one attached hydrogen (secondary N) is 1. The maximum absolute atomic E-state index is 11.9. The van der Waals surface area contributed by atoms with Crippen molar-refractivity contribution in [3.05, 3.63) is 35.4 Å². The Balaban J connectivity index is 1.91. The van der Waals surface area contributed by atoms with Gasteiger partial charge in [-0.2, -0.15) is 0 Å². The fourth-order valence-electron chi connectivity index (χ4n) is 2.14. The summed E-state index contributed by atoms with van der Waals surface area (Å²) < 4.78 is 21.2. The molecule has 29 heavy (non-hydrogen) atoms. The summed E-state index contributed by atoms with van der Waals surface area (Å²) in [6.07, 6.45) is 0.946. The quantitative estimate of drug-likeness (QED) is 0.285. The van der Waals surface area contributed by atoms with Crippen molar-refractivity contribution in [2.45, 2.75) is 32.8 Å². The zero-order chi connectivity index (χ0) is 21.5. The smallest absolute Gasteiger partial charge is 0.308 e. The second-order valence-corrected chi connectivity index (χ2v) is 7.17. The molecule has 1 aromatic rings. The van der Waals surface area contributed by atoms with E-state index in [1.807, 2.05) is 20.8 Å². The summed E-state index contributed by atoms with van der Waals surface area (Å²) in [4.78, 5) is 34.0. The molecule has 1 N–H and O–H groups in total. The molecule has 1 rings (SSSR count). The second-order valence-electron chi connectivity index (χ2n) is 7.17. The molecule has 0 aromatic heterocycles. The Kier molecular flexibility index (Phi) is 11.8. The highest BCUT2D eigenvalue weighted by Gasteiger charge is 2.15. The van der Waals surface area contributed by atoms with Crippen LogP contribution in [0.1, 0.15) is 47.9 Å². The van der Waals surface area contributed by atoms with Gasteiger partial charge in [-0.25, -0.2) is 0 Å². The molecule has 8 heteroatoms. The topological polar surface area (TPSA) is 100 Å². The van der Waals surface area contributed by atoms with E-state index < -0.39 is 5.60 Å². The third-order valence-corrected chi connectivity index (χ3v) is 3.46. The molecule has 0 aliphatic rings. The SMILES string of the molecule is CC(C)(C)OC(=O)CCOCCOCCOCCNC(=O)c1ccc(C=O)cc1. The number of carbonyl (C=O) groups excluding carboxylic acids is 3. The number of aldehydes is 1. The molecule has 8 nitrogen and oxygen atoms in total. The Labute approximate surface area is 171 Å². The Hall–Kier alpha value is -2.29. The maximum Gasteiger partial charge on any atom is 0.308 e. The van der Waals surface area contributed by atoms with E-state index in [9.17, 15) is 14.4 Å². The molecule has 0 aliphatic heterocycles. The summed E-state index contributed by atoms with van der Waals surface area (Å²) in [6.45, 7) is 8.13. The van der Waals surface area contributed by atoms with Gasteiger partial charge in [-0.1, -0.05) is 12.1 Å². The van der Waals surface area contributed by atoms with Gasteiger partial charge in [0.1, 0.15) is 11.9 Å². The van der Waals surface area contributed by atoms with Crippen LogP contribution in [-0.2, 0) is 23.7 Å². The zero-order valence-corrected chi connectivity index (χ0v) is 17.4. The van der Waals surface area contributed by atoms with Gasteiger partial charge in [0.2, 0.25) is 0 Å². The molecule has 0 spiro atoms. The van der Waals surface area contributed by atoms with Crippen molar-refractivity contribution in [2.24, 2.45) is 0 Å². The molecule has 0 heterocycles. The van der Waals surface area contributed by atoms with Crippen LogP contribution in [0.3, 0.4) is 0 Å². The van der Waals surface area contributed by atoms with Gasteiger partial charge in [-0.15, -0.1) is 0 Å². The highest BCUT2D eigenvalue weighted by molar-refractivity contribution is 5.94. The lowest BCUT2D eigenvalue weighted by molar-refractivity contribution is -0.156. The number of ether oxygens (including phenoxy) is 4. The summed E-state index contributed by atoms with van der Waals surface area (Å²) in [6, 6.07) is 6.39. The molecule has 0 aliphatic carbocycles. The van der Waals surface area contributed by atoms with E-state index >= 15 is 0 Å². The number of hydrogen-bond donors (Lipinski definition) is 1. The molecule has 0 saturated carbocycles. The normalized spacial score (nSPS) is 11.1. The van der Waals surface area contributed by atoms with E-state index in [4.69, 9.17) is 18.9 Å². The van der Waals surface area contributed by atoms with Gasteiger partial charge in [0.25, 0.3) is 5.91 Å². The number of amides is 1. The average Bonchev–Trinajstić information content (AvgIpc) is 2.67. The van der Waals surface area contributed by atoms with Crippen LogP contribution < -0.4 is 5.32 Å². The summed E-state index contributed by atoms with van der Waals surface area (Å²) in [5, 5.41) is 2.73. The minimum Gasteiger partial charge on any atom is -0.460 e. The van der Waals surface area contributed by atoms with Crippen molar-refractivity contribution in [1.29, 1.82) is 0 Å². The van der Waals surface area contributed by atoms with Gasteiger partial charge in [-0.05, 0) is 32.9 Å². The molecule has 0 bridgehead atoms. The molecule has 162 valence electrons. The standard InChI is InChI=1S/C21H31NO7/c1-21(2,3)29-19(24)8-10-26-12-14-28-15-13-27-11-9-22-20(25)18-6-4-17(16-23)5-7-18/h4-7,16H,8-15H2,1-3H3,(H,22,25). The van der Waals surface area contributed by atoms with Crippen LogP contribution >= 0.6 is 0 Å². The highest BCUT2D eigenvalue weighted by Crippen LogP contribution is 2.08. The lowest BCUT2D eigenvalue weighted by Gasteiger charge is -2.19. The van der Waals surface area contributed by atoms with Crippen molar-refractivity contribution in [2.75, 3.05) is 46.2 Å². The highest BCUT2D eigenvalue weighted by atomic mass is 16.6. The van der Waals surface area contributed by atoms with Crippen LogP contribution in [0.5, 0.6) is 0 Å². The van der Waals surface area contributed by atoms with Gasteiger partial charge in [-0.3, -0.25) is 14.4 Å². The average molecular weight is 409 g/mol. The number of benzene rings is 1. The van der Waals surface area contributed by atoms with Crippen molar-refractivity contribution in [3.8, 4) is 0 Å². The summed E-state index contributed by atoms with van der Waals surface area (Å²) in [5.74, 6) is -0.497. The monoisotopic (exact) mass is 409 g/mol. The Morgan fingerprint density at radius 3 is 2.00 bits per heavy atom. The van der Waals surface area contributed by atoms with Crippen molar-refractivity contribution < 1.29 is 33.3 Å². The lowest BCUT2D eigenvalue weighted by atomic mass is 10.1. The van der Waals surface area contributed by atoms with Crippen molar-refractivity contribution in [3.63, 3.8) is 0 Å². The van der Waals surface area contributed by atoms with Crippen LogP contribution in [0.2, 0.25) is 0 Å². The zero-order valence-electron chi connectivity index (χ0n) is 17.4. The minimum atomic E-state index is -0.480. The van der Waals surface area contributed by atoms with Crippen LogP contribution in [0.15, 0.2) is 24.3 Å². The third kappa shape index (κ3) is 12.7. The number of hydrogen-bond acceptors (Lipinski definition) is 7. The molecule has 1 aromatic carbocycles. The molecule has 0 unspecified atom stereocenters. The summed E-state index contributed by atoms with van der Waals surface area (Å²) in [5.41, 5.74) is 0.537. The molecule has 0 fully saturated rings. The van der Waals surface area contributed by atoms with E-state index in [1.165, 1.54) is 0 Å². The van der Waals surface area contributed by atoms with Gasteiger partial charge in [0, 0.05) is 17.7 Å². The second kappa shape index (κ2) is 13.8. The van der Waals surface area contributed by atoms with Crippen molar-refractivity contribution >= 4 is 18.2 Å². The first-order valence-electron chi connectivity index (χ1n) is 9.60. The largest absolute Gasteiger partial charge is 0.460 e. The number of esters is 1. The van der Waals surface area contributed by atoms with E-state index in [0.29, 0.717) is 57.3 Å². The van der Waals surface area contributed by atoms with E-state index in [2.05, 4.69) is 5.32 Å². The van der Waals surface area contributed by atoms with E-state index in [-0.39, 0.29) is 18.3 Å².